The van der Waals surface area contributed by atoms with Gasteiger partial charge >= 0.3 is 0 Å². The number of hydrogen-bond acceptors (Lipinski definition) is 4. The number of hydrogen-bond donors (Lipinski definition) is 0. The lowest BCUT2D eigenvalue weighted by Crippen LogP contribution is -2.35. The van der Waals surface area contributed by atoms with E-state index in [0.717, 1.165) is 19.5 Å². The number of thiophene rings is 1. The summed E-state index contributed by atoms with van der Waals surface area (Å²) in [5.74, 6) is 0. The lowest BCUT2D eigenvalue weighted by molar-refractivity contribution is 0.281. The maximum Gasteiger partial charge on any atom is 0.244 e. The summed E-state index contributed by atoms with van der Waals surface area (Å²) in [5.41, 5.74) is 0. The number of halogens is 2. The second-order valence-corrected chi connectivity index (χ2v) is 9.47. The molecule has 0 aliphatic carbocycles. The van der Waals surface area contributed by atoms with Gasteiger partial charge in [-0.05, 0) is 42.6 Å². The Bertz CT molecular complexity index is 794. The van der Waals surface area contributed by atoms with Gasteiger partial charge in [0.25, 0.3) is 0 Å². The minimum atomic E-state index is -3.63. The van der Waals surface area contributed by atoms with Crippen molar-refractivity contribution >= 4 is 44.6 Å². The van der Waals surface area contributed by atoms with E-state index in [4.69, 9.17) is 23.2 Å². The quantitative estimate of drug-likeness (QED) is 0.774. The predicted molar refractivity (Wildman–Crippen MR) is 99.4 cm³/mol. The Kier molecular flexibility index (Phi) is 5.85. The molecule has 0 N–H and O–H groups in total. The van der Waals surface area contributed by atoms with E-state index >= 15 is 0 Å². The van der Waals surface area contributed by atoms with Crippen molar-refractivity contribution < 1.29 is 8.42 Å². The fourth-order valence-electron chi connectivity index (χ4n) is 2.78. The molecule has 0 spiro atoms. The van der Waals surface area contributed by atoms with Crippen LogP contribution < -0.4 is 0 Å². The minimum Gasteiger partial charge on any atom is -0.297 e. The van der Waals surface area contributed by atoms with Gasteiger partial charge < -0.3 is 0 Å². The molecule has 0 bridgehead atoms. The first kappa shape index (κ1) is 18.2. The molecule has 2 aromatic rings. The second-order valence-electron chi connectivity index (χ2n) is 5.69. The fraction of sp³-hybridized carbons (Fsp3) is 0.375. The molecule has 1 aromatic carbocycles. The molecule has 0 saturated carbocycles. The van der Waals surface area contributed by atoms with E-state index in [9.17, 15) is 8.42 Å². The Morgan fingerprint density at radius 3 is 2.67 bits per heavy atom. The Hall–Kier alpha value is -0.630. The summed E-state index contributed by atoms with van der Waals surface area (Å²) in [6.45, 7) is 3.40. The molecule has 3 rings (SSSR count). The molecule has 1 fully saturated rings. The molecule has 0 atom stereocenters. The van der Waals surface area contributed by atoms with Crippen molar-refractivity contribution in [3.05, 3.63) is 50.6 Å². The van der Waals surface area contributed by atoms with E-state index in [1.807, 2.05) is 6.07 Å². The van der Waals surface area contributed by atoms with E-state index in [2.05, 4.69) is 16.3 Å². The van der Waals surface area contributed by atoms with Crippen LogP contribution in [0, 0.1) is 0 Å². The molecule has 0 unspecified atom stereocenters. The Balaban J connectivity index is 1.74. The average molecular weight is 405 g/mol. The van der Waals surface area contributed by atoms with Gasteiger partial charge in [-0.3, -0.25) is 4.90 Å². The van der Waals surface area contributed by atoms with Gasteiger partial charge in [-0.1, -0.05) is 29.3 Å². The normalized spacial score (nSPS) is 17.8. The second kappa shape index (κ2) is 7.72. The molecule has 0 amide bonds. The third-order valence-corrected chi connectivity index (χ3v) is 7.49. The lowest BCUT2D eigenvalue weighted by Gasteiger charge is -2.22. The van der Waals surface area contributed by atoms with Gasteiger partial charge in [0.05, 0.1) is 5.02 Å². The highest BCUT2D eigenvalue weighted by Gasteiger charge is 2.29. The zero-order valence-corrected chi connectivity index (χ0v) is 16.1. The van der Waals surface area contributed by atoms with Gasteiger partial charge in [-0.15, -0.1) is 11.3 Å². The fourth-order valence-corrected chi connectivity index (χ4v) is 5.74. The summed E-state index contributed by atoms with van der Waals surface area (Å²) in [5, 5.41) is 2.64. The Labute approximate surface area is 156 Å². The van der Waals surface area contributed by atoms with Crippen molar-refractivity contribution in [2.75, 3.05) is 26.2 Å². The third kappa shape index (κ3) is 4.12. The van der Waals surface area contributed by atoms with Gasteiger partial charge in [0.15, 0.2) is 0 Å². The molecule has 1 aliphatic heterocycles. The summed E-state index contributed by atoms with van der Waals surface area (Å²) in [6, 6.07) is 8.69. The first-order valence-corrected chi connectivity index (χ1v) is 10.7. The molecule has 1 aliphatic rings. The molecule has 8 heteroatoms. The zero-order chi connectivity index (χ0) is 17.2. The van der Waals surface area contributed by atoms with Crippen LogP contribution in [0.15, 0.2) is 40.6 Å². The molecule has 1 aromatic heterocycles. The van der Waals surface area contributed by atoms with Crippen LogP contribution in [0.3, 0.4) is 0 Å². The minimum absolute atomic E-state index is 0.0865. The number of benzene rings is 1. The monoisotopic (exact) mass is 404 g/mol. The van der Waals surface area contributed by atoms with Crippen LogP contribution in [0.1, 0.15) is 11.3 Å². The smallest absolute Gasteiger partial charge is 0.244 e. The number of rotatable bonds is 4. The van der Waals surface area contributed by atoms with Gasteiger partial charge in [-0.2, -0.15) is 4.31 Å². The van der Waals surface area contributed by atoms with E-state index < -0.39 is 10.0 Å². The Morgan fingerprint density at radius 1 is 1.08 bits per heavy atom. The van der Waals surface area contributed by atoms with Gasteiger partial charge in [0.1, 0.15) is 4.90 Å². The third-order valence-electron chi connectivity index (χ3n) is 4.02. The van der Waals surface area contributed by atoms with Gasteiger partial charge in [0, 0.05) is 36.1 Å². The summed E-state index contributed by atoms with van der Waals surface area (Å²) < 4.78 is 27.3. The van der Waals surface area contributed by atoms with Crippen molar-refractivity contribution in [1.29, 1.82) is 0 Å². The van der Waals surface area contributed by atoms with Crippen LogP contribution >= 0.6 is 34.5 Å². The van der Waals surface area contributed by atoms with Crippen LogP contribution in [0.4, 0.5) is 0 Å². The van der Waals surface area contributed by atoms with Crippen molar-refractivity contribution in [2.45, 2.75) is 17.9 Å². The van der Waals surface area contributed by atoms with E-state index in [1.165, 1.54) is 21.3 Å². The van der Waals surface area contributed by atoms with Crippen molar-refractivity contribution in [1.82, 2.24) is 9.21 Å². The van der Waals surface area contributed by atoms with Crippen LogP contribution in [0.5, 0.6) is 0 Å². The molecule has 1 saturated heterocycles. The SMILES string of the molecule is O=S(=O)(c1cc(Cl)ccc1Cl)N1CCCN(Cc2cccs2)CC1. The summed E-state index contributed by atoms with van der Waals surface area (Å²) in [7, 11) is -3.63. The van der Waals surface area contributed by atoms with Crippen LogP contribution in [-0.4, -0.2) is 43.8 Å². The van der Waals surface area contributed by atoms with Gasteiger partial charge in [0.2, 0.25) is 10.0 Å². The summed E-state index contributed by atoms with van der Waals surface area (Å²) >= 11 is 13.8. The zero-order valence-electron chi connectivity index (χ0n) is 13.0. The van der Waals surface area contributed by atoms with Crippen molar-refractivity contribution in [3.8, 4) is 0 Å². The molecule has 2 heterocycles. The topological polar surface area (TPSA) is 40.6 Å². The number of sulfonamides is 1. The standard InChI is InChI=1S/C16H18Cl2N2O2S2/c17-13-4-5-15(18)16(11-13)24(21,22)20-7-2-6-19(8-9-20)12-14-3-1-10-23-14/h1,3-5,10-11H,2,6-9,12H2. The largest absolute Gasteiger partial charge is 0.297 e. The Morgan fingerprint density at radius 2 is 1.92 bits per heavy atom. The van der Waals surface area contributed by atoms with Crippen LogP contribution in [-0.2, 0) is 16.6 Å². The van der Waals surface area contributed by atoms with Crippen molar-refractivity contribution in [3.63, 3.8) is 0 Å². The highest BCUT2D eigenvalue weighted by Crippen LogP contribution is 2.28. The summed E-state index contributed by atoms with van der Waals surface area (Å²) in [4.78, 5) is 3.67. The van der Waals surface area contributed by atoms with Crippen molar-refractivity contribution in [2.24, 2.45) is 0 Å². The van der Waals surface area contributed by atoms with Gasteiger partial charge in [-0.25, -0.2) is 8.42 Å². The molecular weight excluding hydrogens is 387 g/mol. The molecule has 130 valence electrons. The van der Waals surface area contributed by atoms with Crippen LogP contribution in [0.2, 0.25) is 10.0 Å². The molecule has 24 heavy (non-hydrogen) atoms. The maximum absolute atomic E-state index is 12.9. The predicted octanol–water partition coefficient (Wildman–Crippen LogP) is 3.95. The molecule has 0 radical (unpaired) electrons. The highest BCUT2D eigenvalue weighted by molar-refractivity contribution is 7.89. The first-order valence-electron chi connectivity index (χ1n) is 7.67. The van der Waals surface area contributed by atoms with E-state index in [0.29, 0.717) is 24.7 Å². The first-order chi connectivity index (χ1) is 11.5. The lowest BCUT2D eigenvalue weighted by atomic mass is 10.3. The summed E-state index contributed by atoms with van der Waals surface area (Å²) in [6.07, 6.45) is 0.794. The molecule has 4 nitrogen and oxygen atoms in total. The van der Waals surface area contributed by atoms with Crippen LogP contribution in [0.25, 0.3) is 0 Å². The van der Waals surface area contributed by atoms with E-state index in [-0.39, 0.29) is 9.92 Å². The maximum atomic E-state index is 12.9. The molecular formula is C16H18Cl2N2O2S2. The highest BCUT2D eigenvalue weighted by atomic mass is 35.5. The van der Waals surface area contributed by atoms with E-state index in [1.54, 1.807) is 17.4 Å². The average Bonchev–Trinajstić information content (AvgIpc) is 2.93. The number of nitrogens with zero attached hydrogens (tertiary/aromatic N) is 2.